The largest absolute Gasteiger partial charge is 0.381 e. The van der Waals surface area contributed by atoms with Gasteiger partial charge in [0.05, 0.1) is 37.8 Å². The number of ether oxygens (including phenoxy) is 2. The molecule has 6 N–H and O–H groups in total. The second-order valence-electron chi connectivity index (χ2n) is 21.8. The number of nitrogens with zero attached hydrogens (tertiary/aromatic N) is 4. The monoisotopic (exact) mass is 1200 g/mol. The molecule has 0 saturated carbocycles. The van der Waals surface area contributed by atoms with Crippen molar-refractivity contribution in [1.82, 2.24) is 36.0 Å². The Hall–Kier alpha value is -5.88. The van der Waals surface area contributed by atoms with Crippen molar-refractivity contribution in [2.45, 2.75) is 95.2 Å². The number of carbonyl (C=O) groups excluding carboxylic acids is 6. The first-order chi connectivity index (χ1) is 37.9. The topological polar surface area (TPSA) is 206 Å². The van der Waals surface area contributed by atoms with E-state index in [0.717, 1.165) is 42.4 Å². The van der Waals surface area contributed by atoms with Crippen LogP contribution in [-0.2, 0) is 56.6 Å². The van der Waals surface area contributed by atoms with Crippen LogP contribution in [0.3, 0.4) is 0 Å². The van der Waals surface area contributed by atoms with Crippen molar-refractivity contribution in [2.75, 3.05) is 94.8 Å². The van der Waals surface area contributed by atoms with Gasteiger partial charge in [-0.15, -0.1) is 37.2 Å². The number of hydrogen-bond donors (Lipinski definition) is 6. The van der Waals surface area contributed by atoms with E-state index in [9.17, 15) is 33.2 Å². The van der Waals surface area contributed by atoms with E-state index in [0.29, 0.717) is 75.6 Å². The van der Waals surface area contributed by atoms with Crippen LogP contribution in [0.1, 0.15) is 74.4 Å². The number of morpholine rings is 1. The van der Waals surface area contributed by atoms with E-state index in [-0.39, 0.29) is 104 Å². The Balaban J connectivity index is 0.00000360. The first-order valence-electron chi connectivity index (χ1n) is 27.2. The fourth-order valence-electron chi connectivity index (χ4n) is 11.5. The normalized spacial score (nSPS) is 22.4. The van der Waals surface area contributed by atoms with Gasteiger partial charge in [0.15, 0.2) is 0 Å². The maximum absolute atomic E-state index is 15.0. The molecular weight excluding hydrogens is 1130 g/mol. The van der Waals surface area contributed by atoms with Crippen molar-refractivity contribution in [3.8, 4) is 0 Å². The molecule has 0 bridgehead atoms. The number of likely N-dealkylation sites (N-methyl/N-ethyl adjacent to an activating group) is 1. The van der Waals surface area contributed by atoms with Gasteiger partial charge in [0, 0.05) is 82.0 Å². The second-order valence-corrected chi connectivity index (χ2v) is 21.8. The molecule has 7 atom stereocenters. The van der Waals surface area contributed by atoms with Gasteiger partial charge in [-0.05, 0) is 130 Å². The molecule has 0 aromatic heterocycles. The van der Waals surface area contributed by atoms with E-state index in [1.54, 1.807) is 50.1 Å². The van der Waals surface area contributed by atoms with Gasteiger partial charge in [0.1, 0.15) is 35.2 Å². The number of para-hydroxylation sites is 1. The standard InChI is InChI=1S/C58H71F3N10O8.3ClH/c1-34-28-69(43(26-63-34)30-68-19-22-79-32-35(68)2)31-50(73)71-33-58(4,45-16-11-38(24-48(45)71)23-37-9-13-41(59)14-10-37)57(77)64-27-49(72)65-42-15-12-40-29-70(53(44(40)25-42)55(75)67-52-46(60)7-6-8-47(52)61)56(76)51(39-17-20-78-21-18-39)66-54(74)36(3)62-5;;;/h6-16,24-25,34-36,39,43,51,53,62-63H,17-23,26-33H2,1-5H3,(H,64,77)(H,65,72)(H,66,74)(H,67,75);3*1H/t34-,35?,36?,43-,51?,53?,58?;;;/m1.../s1. The molecule has 4 aromatic rings. The third-order valence-electron chi connectivity index (χ3n) is 16.2. The zero-order valence-electron chi connectivity index (χ0n) is 46.6. The molecule has 0 aliphatic carbocycles. The Labute approximate surface area is 494 Å². The van der Waals surface area contributed by atoms with Gasteiger partial charge in [-0.25, -0.2) is 13.2 Å². The summed E-state index contributed by atoms with van der Waals surface area (Å²) < 4.78 is 55.2. The highest BCUT2D eigenvalue weighted by molar-refractivity contribution is 6.05. The van der Waals surface area contributed by atoms with Crippen LogP contribution in [0, 0.1) is 23.4 Å². The average Bonchev–Trinajstić information content (AvgIpc) is 4.13. The zero-order valence-corrected chi connectivity index (χ0v) is 49.0. The lowest BCUT2D eigenvalue weighted by Gasteiger charge is -2.43. The Kier molecular flexibility index (Phi) is 22.8. The molecule has 446 valence electrons. The first kappa shape index (κ1) is 65.3. The molecule has 0 radical (unpaired) electrons. The van der Waals surface area contributed by atoms with E-state index in [1.165, 1.54) is 23.1 Å². The number of fused-ring (bicyclic) bond motifs is 2. The smallest absolute Gasteiger partial charge is 0.252 e. The van der Waals surface area contributed by atoms with Crippen molar-refractivity contribution in [2.24, 2.45) is 5.92 Å². The van der Waals surface area contributed by atoms with Gasteiger partial charge < -0.3 is 51.2 Å². The molecule has 5 aliphatic rings. The number of benzene rings is 4. The van der Waals surface area contributed by atoms with Gasteiger partial charge in [0.25, 0.3) is 5.91 Å². The Morgan fingerprint density at radius 2 is 1.55 bits per heavy atom. The van der Waals surface area contributed by atoms with Crippen LogP contribution < -0.4 is 36.8 Å². The first-order valence-corrected chi connectivity index (χ1v) is 27.2. The minimum absolute atomic E-state index is 0. The molecule has 0 spiro atoms. The van der Waals surface area contributed by atoms with E-state index in [2.05, 4.69) is 55.5 Å². The minimum atomic E-state index is -1.46. The molecule has 24 heteroatoms. The molecule has 18 nitrogen and oxygen atoms in total. The predicted octanol–water partition coefficient (Wildman–Crippen LogP) is 5.24. The van der Waals surface area contributed by atoms with Gasteiger partial charge >= 0.3 is 0 Å². The third kappa shape index (κ3) is 14.7. The van der Waals surface area contributed by atoms with Crippen LogP contribution in [0.15, 0.2) is 78.9 Å². The number of nitrogens with one attached hydrogen (secondary N) is 6. The molecule has 6 amide bonds. The summed E-state index contributed by atoms with van der Waals surface area (Å²) in [6.07, 6.45) is 1.35. The number of anilines is 3. The van der Waals surface area contributed by atoms with Gasteiger partial charge in [-0.1, -0.05) is 36.4 Å². The van der Waals surface area contributed by atoms with E-state index in [4.69, 9.17) is 9.47 Å². The van der Waals surface area contributed by atoms with E-state index < -0.39 is 76.9 Å². The molecule has 5 aliphatic heterocycles. The summed E-state index contributed by atoms with van der Waals surface area (Å²) in [6, 6.07) is 16.9. The summed E-state index contributed by atoms with van der Waals surface area (Å²) in [5, 5.41) is 17.3. The molecular formula is C58H74Cl3F3N10O8. The van der Waals surface area contributed by atoms with Crippen molar-refractivity contribution in [3.05, 3.63) is 124 Å². The number of piperazine rings is 1. The SMILES string of the molecule is CNC(C)C(=O)NC(C(=O)N1Cc2ccc(NC(=O)CNC(=O)C3(C)CN(C(=O)CN4C[C@@H](C)NC[C@@H]4CN4CCOCC4C)c4cc(Cc5ccc(F)cc5)ccc43)cc2C1C(=O)Nc1c(F)cccc1F)C1CCOCC1.Cl.Cl.Cl. The van der Waals surface area contributed by atoms with E-state index in [1.807, 2.05) is 18.2 Å². The average molecular weight is 1200 g/mol. The molecule has 4 aromatic carbocycles. The molecule has 5 unspecified atom stereocenters. The van der Waals surface area contributed by atoms with E-state index >= 15 is 8.78 Å². The predicted molar refractivity (Wildman–Crippen MR) is 312 cm³/mol. The highest BCUT2D eigenvalue weighted by atomic mass is 35.5. The fraction of sp³-hybridized carbons (Fsp3) is 0.483. The number of carbonyl (C=O) groups is 6. The summed E-state index contributed by atoms with van der Waals surface area (Å²) in [4.78, 5) is 93.3. The third-order valence-corrected chi connectivity index (χ3v) is 16.2. The maximum Gasteiger partial charge on any atom is 0.252 e. The lowest BCUT2D eigenvalue weighted by Crippen LogP contribution is -2.62. The summed E-state index contributed by atoms with van der Waals surface area (Å²) in [7, 11) is 1.61. The van der Waals surface area contributed by atoms with Gasteiger partial charge in [-0.2, -0.15) is 0 Å². The van der Waals surface area contributed by atoms with Crippen LogP contribution in [0.4, 0.5) is 30.2 Å². The number of hydrogen-bond acceptors (Lipinski definition) is 12. The lowest BCUT2D eigenvalue weighted by molar-refractivity contribution is -0.144. The molecule has 9 rings (SSSR count). The maximum atomic E-state index is 15.0. The number of halogens is 6. The molecule has 3 fully saturated rings. The fourth-order valence-corrected chi connectivity index (χ4v) is 11.5. The van der Waals surface area contributed by atoms with Crippen LogP contribution in [0.2, 0.25) is 0 Å². The van der Waals surface area contributed by atoms with Crippen molar-refractivity contribution in [3.63, 3.8) is 0 Å². The number of amides is 6. The Morgan fingerprint density at radius 1 is 0.841 bits per heavy atom. The van der Waals surface area contributed by atoms with Crippen molar-refractivity contribution >= 4 is 89.7 Å². The Bertz CT molecular complexity index is 2930. The Morgan fingerprint density at radius 3 is 2.24 bits per heavy atom. The molecule has 3 saturated heterocycles. The quantitative estimate of drug-likeness (QED) is 0.0804. The van der Waals surface area contributed by atoms with Gasteiger partial charge in [-0.3, -0.25) is 38.6 Å². The van der Waals surface area contributed by atoms with Gasteiger partial charge in [0.2, 0.25) is 29.5 Å². The summed E-state index contributed by atoms with van der Waals surface area (Å²) in [6.45, 7) is 12.0. The minimum Gasteiger partial charge on any atom is -0.381 e. The lowest BCUT2D eigenvalue weighted by atomic mass is 9.83. The number of rotatable bonds is 17. The van der Waals surface area contributed by atoms with Crippen LogP contribution in [0.5, 0.6) is 0 Å². The summed E-state index contributed by atoms with van der Waals surface area (Å²) >= 11 is 0. The summed E-state index contributed by atoms with van der Waals surface area (Å²) in [5.41, 5.74) is 1.86. The summed E-state index contributed by atoms with van der Waals surface area (Å²) in [5.74, 6) is -6.05. The van der Waals surface area contributed by atoms with Crippen LogP contribution in [0.25, 0.3) is 0 Å². The highest BCUT2D eigenvalue weighted by Gasteiger charge is 2.48. The molecule has 5 heterocycles. The van der Waals surface area contributed by atoms with Crippen LogP contribution >= 0.6 is 37.2 Å². The zero-order chi connectivity index (χ0) is 56.1. The van der Waals surface area contributed by atoms with Crippen molar-refractivity contribution in [1.29, 1.82) is 0 Å². The van der Waals surface area contributed by atoms with Crippen molar-refractivity contribution < 1.29 is 51.4 Å². The molecule has 82 heavy (non-hydrogen) atoms. The second kappa shape index (κ2) is 28.6. The highest BCUT2D eigenvalue weighted by Crippen LogP contribution is 2.43. The van der Waals surface area contributed by atoms with Crippen LogP contribution in [-0.4, -0.2) is 160 Å².